The number of aromatic hydroxyl groups is 2. The maximum absolute atomic E-state index is 12.6. The number of ether oxygens (including phenoxy) is 2. The fraction of sp³-hybridized carbons (Fsp3) is 0.133. The van der Waals surface area contributed by atoms with Crippen molar-refractivity contribution in [2.45, 2.75) is 0 Å². The number of phenols is 2. The lowest BCUT2D eigenvalue weighted by Gasteiger charge is -2.12. The Morgan fingerprint density at radius 3 is 2.43 bits per heavy atom. The van der Waals surface area contributed by atoms with Gasteiger partial charge in [0.15, 0.2) is 22.8 Å². The molecule has 2 N–H and O–H groups in total. The summed E-state index contributed by atoms with van der Waals surface area (Å²) < 4.78 is 15.8. The SMILES string of the molecule is COc1c(O)cc2oc3c(O)cccc3c(=O)c2c1OC. The molecule has 6 nitrogen and oxygen atoms in total. The number of rotatable bonds is 2. The molecule has 0 aliphatic heterocycles. The van der Waals surface area contributed by atoms with Crippen LogP contribution in [0.3, 0.4) is 0 Å². The van der Waals surface area contributed by atoms with Gasteiger partial charge in [0.25, 0.3) is 0 Å². The Kier molecular flexibility index (Phi) is 2.86. The van der Waals surface area contributed by atoms with Crippen LogP contribution in [0.5, 0.6) is 23.0 Å². The van der Waals surface area contributed by atoms with E-state index in [1.54, 1.807) is 12.1 Å². The molecule has 0 saturated carbocycles. The lowest BCUT2D eigenvalue weighted by atomic mass is 10.1. The van der Waals surface area contributed by atoms with Gasteiger partial charge in [-0.15, -0.1) is 0 Å². The van der Waals surface area contributed by atoms with Crippen LogP contribution in [-0.2, 0) is 0 Å². The third kappa shape index (κ3) is 1.76. The van der Waals surface area contributed by atoms with Gasteiger partial charge in [-0.3, -0.25) is 4.79 Å². The van der Waals surface area contributed by atoms with Gasteiger partial charge in [-0.2, -0.15) is 0 Å². The van der Waals surface area contributed by atoms with E-state index < -0.39 is 0 Å². The van der Waals surface area contributed by atoms with Crippen LogP contribution in [0.15, 0.2) is 33.5 Å². The van der Waals surface area contributed by atoms with Crippen molar-refractivity contribution < 1.29 is 24.1 Å². The minimum Gasteiger partial charge on any atom is -0.504 e. The van der Waals surface area contributed by atoms with E-state index in [1.165, 1.54) is 26.4 Å². The van der Waals surface area contributed by atoms with Crippen molar-refractivity contribution in [2.24, 2.45) is 0 Å². The first kappa shape index (κ1) is 13.1. The van der Waals surface area contributed by atoms with Crippen molar-refractivity contribution in [1.29, 1.82) is 0 Å². The summed E-state index contributed by atoms with van der Waals surface area (Å²) in [6, 6.07) is 5.76. The Labute approximate surface area is 118 Å². The predicted molar refractivity (Wildman–Crippen MR) is 76.4 cm³/mol. The summed E-state index contributed by atoms with van der Waals surface area (Å²) in [5, 5.41) is 20.1. The molecule has 0 radical (unpaired) electrons. The monoisotopic (exact) mass is 288 g/mol. The minimum atomic E-state index is -0.377. The Morgan fingerprint density at radius 2 is 1.76 bits per heavy atom. The fourth-order valence-corrected chi connectivity index (χ4v) is 2.35. The fourth-order valence-electron chi connectivity index (χ4n) is 2.35. The average Bonchev–Trinajstić information content (AvgIpc) is 2.47. The van der Waals surface area contributed by atoms with Crippen LogP contribution in [0.2, 0.25) is 0 Å². The van der Waals surface area contributed by atoms with Crippen molar-refractivity contribution >= 4 is 21.9 Å². The van der Waals surface area contributed by atoms with Gasteiger partial charge >= 0.3 is 0 Å². The van der Waals surface area contributed by atoms with Crippen LogP contribution in [-0.4, -0.2) is 24.4 Å². The van der Waals surface area contributed by atoms with Gasteiger partial charge in [-0.05, 0) is 12.1 Å². The molecule has 2 aromatic carbocycles. The van der Waals surface area contributed by atoms with E-state index in [4.69, 9.17) is 13.9 Å². The van der Waals surface area contributed by atoms with E-state index in [-0.39, 0.29) is 50.4 Å². The van der Waals surface area contributed by atoms with Crippen LogP contribution in [0.25, 0.3) is 21.9 Å². The smallest absolute Gasteiger partial charge is 0.204 e. The van der Waals surface area contributed by atoms with E-state index in [0.29, 0.717) is 0 Å². The number of hydrogen-bond donors (Lipinski definition) is 2. The number of hydrogen-bond acceptors (Lipinski definition) is 6. The highest BCUT2D eigenvalue weighted by Gasteiger charge is 2.21. The number of phenolic OH excluding ortho intramolecular Hbond substituents is 2. The normalized spacial score (nSPS) is 11.0. The van der Waals surface area contributed by atoms with Crippen molar-refractivity contribution in [3.63, 3.8) is 0 Å². The number of fused-ring (bicyclic) bond motifs is 2. The molecule has 0 aliphatic carbocycles. The van der Waals surface area contributed by atoms with E-state index in [2.05, 4.69) is 0 Å². The molecule has 0 fully saturated rings. The Balaban J connectivity index is 2.61. The molecule has 0 amide bonds. The van der Waals surface area contributed by atoms with Crippen LogP contribution in [0.1, 0.15) is 0 Å². The topological polar surface area (TPSA) is 89.1 Å². The summed E-state index contributed by atoms with van der Waals surface area (Å²) in [7, 11) is 2.72. The van der Waals surface area contributed by atoms with Gasteiger partial charge in [0.05, 0.1) is 19.6 Å². The molecule has 0 aliphatic rings. The van der Waals surface area contributed by atoms with Crippen LogP contribution in [0, 0.1) is 0 Å². The molecule has 21 heavy (non-hydrogen) atoms. The summed E-state index contributed by atoms with van der Waals surface area (Å²) in [6.07, 6.45) is 0. The van der Waals surface area contributed by atoms with Gasteiger partial charge in [0.2, 0.25) is 11.2 Å². The zero-order valence-electron chi connectivity index (χ0n) is 11.3. The molecule has 0 saturated heterocycles. The third-order valence-corrected chi connectivity index (χ3v) is 3.27. The highest BCUT2D eigenvalue weighted by molar-refractivity contribution is 5.97. The highest BCUT2D eigenvalue weighted by Crippen LogP contribution is 2.42. The zero-order chi connectivity index (χ0) is 15.1. The van der Waals surface area contributed by atoms with Gasteiger partial charge < -0.3 is 24.1 Å². The van der Waals surface area contributed by atoms with Gasteiger partial charge in [-0.25, -0.2) is 0 Å². The number of benzene rings is 2. The average molecular weight is 288 g/mol. The second-order valence-corrected chi connectivity index (χ2v) is 4.42. The highest BCUT2D eigenvalue weighted by atomic mass is 16.5. The van der Waals surface area contributed by atoms with Crippen molar-refractivity contribution in [1.82, 2.24) is 0 Å². The van der Waals surface area contributed by atoms with Gasteiger partial charge in [0.1, 0.15) is 11.0 Å². The molecule has 3 aromatic rings. The van der Waals surface area contributed by atoms with E-state index in [9.17, 15) is 15.0 Å². The third-order valence-electron chi connectivity index (χ3n) is 3.27. The van der Waals surface area contributed by atoms with E-state index in [1.807, 2.05) is 0 Å². The van der Waals surface area contributed by atoms with Crippen LogP contribution in [0.4, 0.5) is 0 Å². The molecule has 1 heterocycles. The molecule has 0 spiro atoms. The molecular formula is C15H12O6. The molecule has 6 heteroatoms. The molecule has 0 bridgehead atoms. The van der Waals surface area contributed by atoms with Gasteiger partial charge in [0, 0.05) is 6.07 Å². The molecule has 1 aromatic heterocycles. The number of methoxy groups -OCH3 is 2. The quantitative estimate of drug-likeness (QED) is 0.704. The van der Waals surface area contributed by atoms with Crippen LogP contribution >= 0.6 is 0 Å². The molecule has 108 valence electrons. The molecule has 0 atom stereocenters. The number of para-hydroxylation sites is 1. The first-order chi connectivity index (χ1) is 10.1. The Hall–Kier alpha value is -2.89. The zero-order valence-corrected chi connectivity index (χ0v) is 11.3. The second-order valence-electron chi connectivity index (χ2n) is 4.42. The van der Waals surface area contributed by atoms with Crippen molar-refractivity contribution in [3.05, 3.63) is 34.5 Å². The Morgan fingerprint density at radius 1 is 1.05 bits per heavy atom. The van der Waals surface area contributed by atoms with E-state index >= 15 is 0 Å². The Bertz CT molecular complexity index is 910. The maximum Gasteiger partial charge on any atom is 0.204 e. The van der Waals surface area contributed by atoms with Crippen LogP contribution < -0.4 is 14.9 Å². The van der Waals surface area contributed by atoms with E-state index in [0.717, 1.165) is 0 Å². The standard InChI is InChI=1S/C15H12O6/c1-19-14-9(17)6-10-11(15(14)20-2)12(18)7-4-3-5-8(16)13(7)21-10/h3-6,16-17H,1-2H3. The largest absolute Gasteiger partial charge is 0.504 e. The summed E-state index contributed by atoms with van der Waals surface area (Å²) in [4.78, 5) is 12.6. The molecule has 3 rings (SSSR count). The van der Waals surface area contributed by atoms with Crippen molar-refractivity contribution in [3.8, 4) is 23.0 Å². The van der Waals surface area contributed by atoms with Crippen molar-refractivity contribution in [2.75, 3.05) is 14.2 Å². The summed E-state index contributed by atoms with van der Waals surface area (Å²) in [5.74, 6) is -0.233. The summed E-state index contributed by atoms with van der Waals surface area (Å²) >= 11 is 0. The van der Waals surface area contributed by atoms with Gasteiger partial charge in [-0.1, -0.05) is 6.07 Å². The lowest BCUT2D eigenvalue weighted by Crippen LogP contribution is -2.05. The molecule has 0 unspecified atom stereocenters. The second kappa shape index (κ2) is 4.59. The first-order valence-electron chi connectivity index (χ1n) is 6.11. The minimum absolute atomic E-state index is 0.0526. The summed E-state index contributed by atoms with van der Waals surface area (Å²) in [5.41, 5.74) is -0.219. The lowest BCUT2D eigenvalue weighted by molar-refractivity contribution is 0.335. The first-order valence-corrected chi connectivity index (χ1v) is 6.11. The predicted octanol–water partition coefficient (Wildman–Crippen LogP) is 2.37. The summed E-state index contributed by atoms with van der Waals surface area (Å²) in [6.45, 7) is 0. The maximum atomic E-state index is 12.6. The molecular weight excluding hydrogens is 276 g/mol.